The highest BCUT2D eigenvalue weighted by atomic mass is 35.5. The molecule has 5 heteroatoms. The number of hydrogen-bond donors (Lipinski definition) is 1. The Balaban J connectivity index is 2.09. The molecule has 0 aromatic heterocycles. The predicted octanol–water partition coefficient (Wildman–Crippen LogP) is 1.27. The minimum atomic E-state index is -0.201. The minimum absolute atomic E-state index is 0.0353. The summed E-state index contributed by atoms with van der Waals surface area (Å²) in [4.78, 5) is 11.0. The average molecular weight is 228 g/mol. The Labute approximate surface area is 92.1 Å². The van der Waals surface area contributed by atoms with Crippen LogP contribution in [0.4, 0.5) is 0 Å². The number of rotatable bonds is 3. The molecule has 80 valence electrons. The summed E-state index contributed by atoms with van der Waals surface area (Å²) >= 11 is 5.37. The lowest BCUT2D eigenvalue weighted by molar-refractivity contribution is -0.118. The molecule has 15 heavy (non-hydrogen) atoms. The summed E-state index contributed by atoms with van der Waals surface area (Å²) in [6.45, 7) is 0.633. The van der Waals surface area contributed by atoms with Gasteiger partial charge in [-0.1, -0.05) is 12.1 Å². The van der Waals surface area contributed by atoms with Gasteiger partial charge in [0.25, 0.3) is 0 Å². The van der Waals surface area contributed by atoms with Gasteiger partial charge < -0.3 is 14.8 Å². The van der Waals surface area contributed by atoms with Crippen molar-refractivity contribution < 1.29 is 14.3 Å². The molecule has 0 radical (unpaired) electrons. The second kappa shape index (κ2) is 4.40. The molecular weight excluding hydrogens is 218 g/mol. The Morgan fingerprint density at radius 3 is 3.13 bits per heavy atom. The smallest absolute Gasteiger partial charge is 0.235 e. The van der Waals surface area contributed by atoms with Gasteiger partial charge in [-0.2, -0.15) is 0 Å². The zero-order valence-corrected chi connectivity index (χ0v) is 8.71. The first-order valence-electron chi connectivity index (χ1n) is 4.51. The summed E-state index contributed by atoms with van der Waals surface area (Å²) in [5.41, 5.74) is 0.892. The van der Waals surface area contributed by atoms with Crippen LogP contribution < -0.4 is 14.8 Å². The first-order chi connectivity index (χ1) is 7.31. The molecule has 1 aromatic rings. The average Bonchev–Trinajstić information content (AvgIpc) is 2.74. The third-order valence-corrected chi connectivity index (χ3v) is 2.32. The number of alkyl halides is 1. The molecule has 0 saturated heterocycles. The van der Waals surface area contributed by atoms with Crippen LogP contribution >= 0.6 is 11.6 Å². The van der Waals surface area contributed by atoms with E-state index in [-0.39, 0.29) is 18.6 Å². The van der Waals surface area contributed by atoms with Crippen molar-refractivity contribution >= 4 is 17.5 Å². The number of nitrogens with one attached hydrogen (secondary N) is 1. The van der Waals surface area contributed by atoms with Crippen LogP contribution in [-0.2, 0) is 11.3 Å². The predicted molar refractivity (Wildman–Crippen MR) is 55.1 cm³/mol. The van der Waals surface area contributed by atoms with Crippen LogP contribution in [0.25, 0.3) is 0 Å². The van der Waals surface area contributed by atoms with Crippen molar-refractivity contribution in [3.8, 4) is 11.5 Å². The minimum Gasteiger partial charge on any atom is -0.454 e. The molecule has 0 bridgehead atoms. The second-order valence-electron chi connectivity index (χ2n) is 3.06. The van der Waals surface area contributed by atoms with Crippen LogP contribution in [0.5, 0.6) is 11.5 Å². The van der Waals surface area contributed by atoms with Gasteiger partial charge >= 0.3 is 0 Å². The molecular formula is C10H10ClNO3. The van der Waals surface area contributed by atoms with Crippen LogP contribution in [0.3, 0.4) is 0 Å². The fourth-order valence-electron chi connectivity index (χ4n) is 1.37. The maximum absolute atomic E-state index is 11.0. The maximum Gasteiger partial charge on any atom is 0.235 e. The first-order valence-corrected chi connectivity index (χ1v) is 5.05. The Morgan fingerprint density at radius 2 is 2.33 bits per heavy atom. The zero-order chi connectivity index (χ0) is 10.7. The van der Waals surface area contributed by atoms with Gasteiger partial charge in [0.1, 0.15) is 5.88 Å². The molecule has 1 aromatic carbocycles. The SMILES string of the molecule is O=C(CCl)NCc1cccc2c1OCO2. The normalized spacial score (nSPS) is 12.6. The third-order valence-electron chi connectivity index (χ3n) is 2.08. The van der Waals surface area contributed by atoms with Crippen molar-refractivity contribution in [2.75, 3.05) is 12.7 Å². The highest BCUT2D eigenvalue weighted by Crippen LogP contribution is 2.35. The topological polar surface area (TPSA) is 47.6 Å². The molecule has 0 atom stereocenters. The lowest BCUT2D eigenvalue weighted by Crippen LogP contribution is -2.23. The van der Waals surface area contributed by atoms with E-state index in [1.165, 1.54) is 0 Å². The van der Waals surface area contributed by atoms with E-state index in [0.29, 0.717) is 18.0 Å². The third kappa shape index (κ3) is 2.15. The van der Waals surface area contributed by atoms with Gasteiger partial charge in [-0.15, -0.1) is 11.6 Å². The van der Waals surface area contributed by atoms with E-state index in [0.717, 1.165) is 5.56 Å². The van der Waals surface area contributed by atoms with Gasteiger partial charge in [0.15, 0.2) is 11.5 Å². The van der Waals surface area contributed by atoms with Crippen molar-refractivity contribution in [3.63, 3.8) is 0 Å². The number of carbonyl (C=O) groups excluding carboxylic acids is 1. The van der Waals surface area contributed by atoms with E-state index >= 15 is 0 Å². The molecule has 1 amide bonds. The Hall–Kier alpha value is -1.42. The molecule has 0 aliphatic carbocycles. The summed E-state index contributed by atoms with van der Waals surface area (Å²) in [6.07, 6.45) is 0. The lowest BCUT2D eigenvalue weighted by Gasteiger charge is -2.06. The quantitative estimate of drug-likeness (QED) is 0.792. The molecule has 0 spiro atoms. The Kier molecular flexibility index (Phi) is 2.97. The number of benzene rings is 1. The monoisotopic (exact) mass is 227 g/mol. The number of halogens is 1. The number of fused-ring (bicyclic) bond motifs is 1. The Bertz CT molecular complexity index is 381. The molecule has 0 fully saturated rings. The van der Waals surface area contributed by atoms with Gasteiger partial charge in [0.05, 0.1) is 0 Å². The molecule has 2 rings (SSSR count). The van der Waals surface area contributed by atoms with Crippen molar-refractivity contribution in [1.82, 2.24) is 5.32 Å². The van der Waals surface area contributed by atoms with Crippen molar-refractivity contribution in [2.45, 2.75) is 6.54 Å². The van der Waals surface area contributed by atoms with Gasteiger partial charge in [0, 0.05) is 12.1 Å². The molecule has 0 unspecified atom stereocenters. The molecule has 4 nitrogen and oxygen atoms in total. The van der Waals surface area contributed by atoms with E-state index in [9.17, 15) is 4.79 Å². The Morgan fingerprint density at radius 1 is 1.47 bits per heavy atom. The highest BCUT2D eigenvalue weighted by Gasteiger charge is 2.16. The van der Waals surface area contributed by atoms with Gasteiger partial charge in [-0.3, -0.25) is 4.79 Å². The van der Waals surface area contributed by atoms with Gasteiger partial charge in [-0.05, 0) is 6.07 Å². The highest BCUT2D eigenvalue weighted by molar-refractivity contribution is 6.27. The summed E-state index contributed by atoms with van der Waals surface area (Å²) < 4.78 is 10.5. The van der Waals surface area contributed by atoms with E-state index in [4.69, 9.17) is 21.1 Å². The standard InChI is InChI=1S/C10H10ClNO3/c11-4-9(13)12-5-7-2-1-3-8-10(7)15-6-14-8/h1-3H,4-6H2,(H,12,13). The van der Waals surface area contributed by atoms with Crippen LogP contribution in [-0.4, -0.2) is 18.6 Å². The van der Waals surface area contributed by atoms with E-state index in [1.54, 1.807) is 0 Å². The number of ether oxygens (including phenoxy) is 2. The first kappa shape index (κ1) is 10.1. The second-order valence-corrected chi connectivity index (χ2v) is 3.33. The van der Waals surface area contributed by atoms with Crippen LogP contribution in [0.15, 0.2) is 18.2 Å². The molecule has 1 N–H and O–H groups in total. The largest absolute Gasteiger partial charge is 0.454 e. The van der Waals surface area contributed by atoms with Crippen LogP contribution in [0.2, 0.25) is 0 Å². The van der Waals surface area contributed by atoms with E-state index in [1.807, 2.05) is 18.2 Å². The number of hydrogen-bond acceptors (Lipinski definition) is 3. The molecule has 1 aliphatic rings. The van der Waals surface area contributed by atoms with Crippen LogP contribution in [0, 0.1) is 0 Å². The lowest BCUT2D eigenvalue weighted by atomic mass is 10.2. The van der Waals surface area contributed by atoms with Crippen molar-refractivity contribution in [1.29, 1.82) is 0 Å². The van der Waals surface area contributed by atoms with Gasteiger partial charge in [-0.25, -0.2) is 0 Å². The summed E-state index contributed by atoms with van der Waals surface area (Å²) in [5, 5.41) is 2.67. The summed E-state index contributed by atoms with van der Waals surface area (Å²) in [6, 6.07) is 5.56. The van der Waals surface area contributed by atoms with Crippen molar-refractivity contribution in [3.05, 3.63) is 23.8 Å². The maximum atomic E-state index is 11.0. The molecule has 0 saturated carbocycles. The summed E-state index contributed by atoms with van der Waals surface area (Å²) in [5.74, 6) is 1.18. The zero-order valence-electron chi connectivity index (χ0n) is 7.96. The number of carbonyl (C=O) groups is 1. The van der Waals surface area contributed by atoms with E-state index in [2.05, 4.69) is 5.32 Å². The fraction of sp³-hybridized carbons (Fsp3) is 0.300. The fourth-order valence-corrected chi connectivity index (χ4v) is 1.47. The van der Waals surface area contributed by atoms with Gasteiger partial charge in [0.2, 0.25) is 12.7 Å². The number of para-hydroxylation sites is 1. The summed E-state index contributed by atoms with van der Waals surface area (Å²) in [7, 11) is 0. The molecule has 1 heterocycles. The van der Waals surface area contributed by atoms with E-state index < -0.39 is 0 Å². The van der Waals surface area contributed by atoms with Crippen molar-refractivity contribution in [2.24, 2.45) is 0 Å². The van der Waals surface area contributed by atoms with Crippen LogP contribution in [0.1, 0.15) is 5.56 Å². The number of amides is 1. The molecule has 1 aliphatic heterocycles.